The summed E-state index contributed by atoms with van der Waals surface area (Å²) in [6.45, 7) is 2.92. The maximum Gasteiger partial charge on any atom is 0.256 e. The lowest BCUT2D eigenvalue weighted by Crippen LogP contribution is -2.44. The number of nitrogens with zero attached hydrogens (tertiary/aromatic N) is 2. The van der Waals surface area contributed by atoms with Gasteiger partial charge in [-0.05, 0) is 43.5 Å². The number of pyridine rings is 2. The topological polar surface area (TPSA) is 78.1 Å². The predicted octanol–water partition coefficient (Wildman–Crippen LogP) is 2.94. The molecule has 0 bridgehead atoms. The minimum Gasteiger partial charge on any atom is -0.352 e. The number of aromatic amines is 1. The zero-order valence-electron chi connectivity index (χ0n) is 14.0. The van der Waals surface area contributed by atoms with E-state index in [1.165, 1.54) is 0 Å². The van der Waals surface area contributed by atoms with Crippen molar-refractivity contribution in [3.63, 3.8) is 0 Å². The highest BCUT2D eigenvalue weighted by Crippen LogP contribution is 2.21. The van der Waals surface area contributed by atoms with E-state index in [1.54, 1.807) is 29.4 Å². The third-order valence-corrected chi connectivity index (χ3v) is 4.72. The highest BCUT2D eigenvalue weighted by Gasteiger charge is 2.29. The van der Waals surface area contributed by atoms with Crippen LogP contribution in [0.1, 0.15) is 28.8 Å². The van der Waals surface area contributed by atoms with Crippen LogP contribution in [0.15, 0.2) is 36.7 Å². The van der Waals surface area contributed by atoms with Crippen LogP contribution in [-0.2, 0) is 4.79 Å². The average Bonchev–Trinajstić information content (AvgIpc) is 2.63. The van der Waals surface area contributed by atoms with E-state index in [-0.39, 0.29) is 17.7 Å². The van der Waals surface area contributed by atoms with E-state index in [2.05, 4.69) is 15.3 Å². The summed E-state index contributed by atoms with van der Waals surface area (Å²) in [6.07, 6.45) is 4.88. The first-order valence-corrected chi connectivity index (χ1v) is 8.66. The summed E-state index contributed by atoms with van der Waals surface area (Å²) in [6, 6.07) is 7.19. The van der Waals surface area contributed by atoms with E-state index in [0.29, 0.717) is 29.1 Å². The van der Waals surface area contributed by atoms with Gasteiger partial charge in [-0.25, -0.2) is 4.98 Å². The second-order valence-electron chi connectivity index (χ2n) is 6.16. The Morgan fingerprint density at radius 1 is 1.36 bits per heavy atom. The molecule has 3 rings (SSSR count). The third kappa shape index (κ3) is 3.93. The largest absolute Gasteiger partial charge is 0.352 e. The van der Waals surface area contributed by atoms with Crippen molar-refractivity contribution in [3.05, 3.63) is 52.4 Å². The van der Waals surface area contributed by atoms with Gasteiger partial charge in [0.1, 0.15) is 10.5 Å². The number of hydrogen-bond acceptors (Lipinski definition) is 4. The van der Waals surface area contributed by atoms with Crippen molar-refractivity contribution in [2.24, 2.45) is 5.92 Å². The molecule has 1 saturated heterocycles. The first kappa shape index (κ1) is 17.3. The molecule has 1 atom stereocenters. The molecule has 130 valence electrons. The standard InChI is InChI=1S/C18H20N4O2S/c1-12-5-2-8-19-15(12)21-16(23)13-6-4-10-22(11-13)18(24)14-7-3-9-20-17(14)25/h2-3,5,7-9,13H,4,6,10-11H2,1H3,(H,20,25)(H,19,21,23)/t13-/m1/s1. The fourth-order valence-electron chi connectivity index (χ4n) is 2.97. The van der Waals surface area contributed by atoms with Crippen molar-refractivity contribution < 1.29 is 9.59 Å². The first-order chi connectivity index (χ1) is 12.1. The Morgan fingerprint density at radius 2 is 2.20 bits per heavy atom. The molecule has 25 heavy (non-hydrogen) atoms. The van der Waals surface area contributed by atoms with E-state index in [4.69, 9.17) is 12.2 Å². The predicted molar refractivity (Wildman–Crippen MR) is 97.9 cm³/mol. The van der Waals surface area contributed by atoms with Gasteiger partial charge < -0.3 is 15.2 Å². The molecule has 0 saturated carbocycles. The normalized spacial score (nSPS) is 17.2. The molecule has 0 unspecified atom stereocenters. The minimum absolute atomic E-state index is 0.0995. The molecule has 6 nitrogen and oxygen atoms in total. The van der Waals surface area contributed by atoms with Crippen LogP contribution in [0.25, 0.3) is 0 Å². The molecule has 1 aliphatic heterocycles. The maximum absolute atomic E-state index is 12.7. The molecule has 0 spiro atoms. The monoisotopic (exact) mass is 356 g/mol. The number of aromatic nitrogens is 2. The average molecular weight is 356 g/mol. The van der Waals surface area contributed by atoms with Crippen LogP contribution in [0.3, 0.4) is 0 Å². The van der Waals surface area contributed by atoms with E-state index < -0.39 is 0 Å². The van der Waals surface area contributed by atoms with Crippen molar-refractivity contribution in [2.45, 2.75) is 19.8 Å². The van der Waals surface area contributed by atoms with E-state index in [1.807, 2.05) is 19.1 Å². The Balaban J connectivity index is 1.70. The lowest BCUT2D eigenvalue weighted by atomic mass is 9.96. The lowest BCUT2D eigenvalue weighted by Gasteiger charge is -2.32. The van der Waals surface area contributed by atoms with E-state index in [0.717, 1.165) is 18.4 Å². The molecule has 1 fully saturated rings. The second kappa shape index (κ2) is 7.57. The van der Waals surface area contributed by atoms with Gasteiger partial charge in [-0.1, -0.05) is 18.3 Å². The van der Waals surface area contributed by atoms with Crippen molar-refractivity contribution >= 4 is 29.9 Å². The van der Waals surface area contributed by atoms with Crippen molar-refractivity contribution in [2.75, 3.05) is 18.4 Å². The molecule has 3 heterocycles. The number of carbonyl (C=O) groups excluding carboxylic acids is 2. The summed E-state index contributed by atoms with van der Waals surface area (Å²) in [4.78, 5) is 34.0. The SMILES string of the molecule is Cc1cccnc1NC(=O)[C@@H]1CCCN(C(=O)c2ccc[nH]c2=S)C1. The smallest absolute Gasteiger partial charge is 0.256 e. The van der Waals surface area contributed by atoms with Gasteiger partial charge in [0, 0.05) is 25.5 Å². The fourth-order valence-corrected chi connectivity index (χ4v) is 3.19. The van der Waals surface area contributed by atoms with Crippen molar-refractivity contribution in [1.82, 2.24) is 14.9 Å². The van der Waals surface area contributed by atoms with Crippen LogP contribution in [0, 0.1) is 17.5 Å². The minimum atomic E-state index is -0.250. The quantitative estimate of drug-likeness (QED) is 0.829. The van der Waals surface area contributed by atoms with Gasteiger partial charge in [0.2, 0.25) is 5.91 Å². The highest BCUT2D eigenvalue weighted by atomic mass is 32.1. The first-order valence-electron chi connectivity index (χ1n) is 8.25. The Morgan fingerprint density at radius 3 is 2.96 bits per heavy atom. The molecule has 0 aromatic carbocycles. The number of amides is 2. The van der Waals surface area contributed by atoms with Crippen LogP contribution < -0.4 is 5.32 Å². The van der Waals surface area contributed by atoms with Gasteiger partial charge in [0.15, 0.2) is 0 Å². The summed E-state index contributed by atoms with van der Waals surface area (Å²) < 4.78 is 0.420. The molecule has 2 aromatic rings. The van der Waals surface area contributed by atoms with Gasteiger partial charge in [-0.3, -0.25) is 9.59 Å². The van der Waals surface area contributed by atoms with Crippen LogP contribution in [-0.4, -0.2) is 39.8 Å². The third-order valence-electron chi connectivity index (χ3n) is 4.38. The summed E-state index contributed by atoms with van der Waals surface area (Å²) in [5.41, 5.74) is 1.38. The molecular formula is C18H20N4O2S. The second-order valence-corrected chi connectivity index (χ2v) is 6.57. The molecule has 0 radical (unpaired) electrons. The van der Waals surface area contributed by atoms with Crippen LogP contribution in [0.4, 0.5) is 5.82 Å². The van der Waals surface area contributed by atoms with Gasteiger partial charge in [-0.15, -0.1) is 0 Å². The maximum atomic E-state index is 12.7. The molecule has 0 aliphatic carbocycles. The van der Waals surface area contributed by atoms with Gasteiger partial charge in [0.25, 0.3) is 5.91 Å². The summed E-state index contributed by atoms with van der Waals surface area (Å²) in [7, 11) is 0. The number of piperidine rings is 1. The Kier molecular flexibility index (Phi) is 5.23. The summed E-state index contributed by atoms with van der Waals surface area (Å²) >= 11 is 5.19. The zero-order valence-corrected chi connectivity index (χ0v) is 14.8. The van der Waals surface area contributed by atoms with Gasteiger partial charge >= 0.3 is 0 Å². The fraction of sp³-hybridized carbons (Fsp3) is 0.333. The molecule has 7 heteroatoms. The van der Waals surface area contributed by atoms with Crippen LogP contribution in [0.5, 0.6) is 0 Å². The van der Waals surface area contributed by atoms with Crippen LogP contribution >= 0.6 is 12.2 Å². The molecule has 2 amide bonds. The number of rotatable bonds is 3. The van der Waals surface area contributed by atoms with Crippen molar-refractivity contribution in [3.8, 4) is 0 Å². The van der Waals surface area contributed by atoms with E-state index in [9.17, 15) is 9.59 Å². The number of H-pyrrole nitrogens is 1. The lowest BCUT2D eigenvalue weighted by molar-refractivity contribution is -0.121. The van der Waals surface area contributed by atoms with Crippen molar-refractivity contribution in [1.29, 1.82) is 0 Å². The number of aryl methyl sites for hydroxylation is 1. The Bertz CT molecular complexity index is 849. The summed E-state index contributed by atoms with van der Waals surface area (Å²) in [5, 5.41) is 2.88. The van der Waals surface area contributed by atoms with E-state index >= 15 is 0 Å². The molecule has 2 aromatic heterocycles. The van der Waals surface area contributed by atoms with Gasteiger partial charge in [-0.2, -0.15) is 0 Å². The number of hydrogen-bond donors (Lipinski definition) is 2. The van der Waals surface area contributed by atoms with Gasteiger partial charge in [0.05, 0.1) is 11.5 Å². The Hall–Kier alpha value is -2.54. The zero-order chi connectivity index (χ0) is 17.8. The molecule has 2 N–H and O–H groups in total. The van der Waals surface area contributed by atoms with Crippen LogP contribution in [0.2, 0.25) is 0 Å². The molecular weight excluding hydrogens is 336 g/mol. The molecule has 1 aliphatic rings. The number of nitrogens with one attached hydrogen (secondary N) is 2. The number of likely N-dealkylation sites (tertiary alicyclic amines) is 1. The number of carbonyl (C=O) groups is 2. The highest BCUT2D eigenvalue weighted by molar-refractivity contribution is 7.71. The summed E-state index contributed by atoms with van der Waals surface area (Å²) in [5.74, 6) is 0.0905. The number of anilines is 1. The Labute approximate surface area is 151 Å².